The van der Waals surface area contributed by atoms with E-state index in [0.29, 0.717) is 30.4 Å². The Balaban J connectivity index is 1.49. The van der Waals surface area contributed by atoms with Crippen molar-refractivity contribution in [3.05, 3.63) is 58.8 Å². The molecule has 1 aromatic carbocycles. The number of aryl methyl sites for hydroxylation is 1. The Kier molecular flexibility index (Phi) is 5.53. The number of carbonyl (C=O) groups is 1. The van der Waals surface area contributed by atoms with Crippen molar-refractivity contribution in [2.75, 3.05) is 20.2 Å². The van der Waals surface area contributed by atoms with Crippen molar-refractivity contribution >= 4 is 21.8 Å². The van der Waals surface area contributed by atoms with Gasteiger partial charge in [0.2, 0.25) is 5.88 Å². The number of nitrogens with zero attached hydrogens (tertiary/aromatic N) is 4. The number of aromatic nitrogens is 3. The van der Waals surface area contributed by atoms with Crippen LogP contribution in [0.15, 0.2) is 53.1 Å². The lowest BCUT2D eigenvalue weighted by Crippen LogP contribution is -2.32. The zero-order chi connectivity index (χ0) is 20.4. The highest BCUT2D eigenvalue weighted by Gasteiger charge is 2.30. The molecule has 7 nitrogen and oxygen atoms in total. The maximum atomic E-state index is 13.1. The summed E-state index contributed by atoms with van der Waals surface area (Å²) in [5, 5.41) is 4.52. The second-order valence-electron chi connectivity index (χ2n) is 6.81. The number of likely N-dealkylation sites (tertiary alicyclic amines) is 1. The number of rotatable bonds is 5. The highest BCUT2D eigenvalue weighted by atomic mass is 79.9. The van der Waals surface area contributed by atoms with Gasteiger partial charge in [0.1, 0.15) is 17.5 Å². The van der Waals surface area contributed by atoms with Crippen molar-refractivity contribution < 1.29 is 14.3 Å². The predicted molar refractivity (Wildman–Crippen MR) is 112 cm³/mol. The van der Waals surface area contributed by atoms with Crippen molar-refractivity contribution in [2.45, 2.75) is 12.5 Å². The quantitative estimate of drug-likeness (QED) is 0.586. The number of halogens is 1. The third kappa shape index (κ3) is 3.98. The van der Waals surface area contributed by atoms with Gasteiger partial charge in [-0.2, -0.15) is 5.10 Å². The lowest BCUT2D eigenvalue weighted by molar-refractivity contribution is 0.0760. The van der Waals surface area contributed by atoms with Crippen LogP contribution in [0.5, 0.6) is 11.6 Å². The first-order chi connectivity index (χ1) is 14.1. The van der Waals surface area contributed by atoms with Gasteiger partial charge in [-0.05, 0) is 46.3 Å². The molecule has 1 unspecified atom stereocenters. The van der Waals surface area contributed by atoms with Gasteiger partial charge in [0.15, 0.2) is 0 Å². The molecule has 0 N–H and O–H groups in total. The fourth-order valence-electron chi connectivity index (χ4n) is 3.44. The van der Waals surface area contributed by atoms with E-state index in [2.05, 4.69) is 26.0 Å². The van der Waals surface area contributed by atoms with Crippen LogP contribution < -0.4 is 9.47 Å². The number of para-hydroxylation sites is 1. The van der Waals surface area contributed by atoms with Gasteiger partial charge in [-0.25, -0.2) is 4.98 Å². The fourth-order valence-corrected chi connectivity index (χ4v) is 3.79. The van der Waals surface area contributed by atoms with E-state index in [4.69, 9.17) is 9.47 Å². The van der Waals surface area contributed by atoms with Crippen molar-refractivity contribution in [2.24, 2.45) is 7.05 Å². The van der Waals surface area contributed by atoms with Crippen LogP contribution in [0.1, 0.15) is 16.9 Å². The van der Waals surface area contributed by atoms with E-state index in [-0.39, 0.29) is 12.0 Å². The van der Waals surface area contributed by atoms with E-state index < -0.39 is 0 Å². The Morgan fingerprint density at radius 3 is 2.86 bits per heavy atom. The first kappa shape index (κ1) is 19.4. The lowest BCUT2D eigenvalue weighted by atomic mass is 10.1. The Morgan fingerprint density at radius 1 is 1.24 bits per heavy atom. The predicted octanol–water partition coefficient (Wildman–Crippen LogP) is 3.55. The molecule has 1 atom stereocenters. The van der Waals surface area contributed by atoms with Crippen LogP contribution in [0.2, 0.25) is 0 Å². The Hall–Kier alpha value is -2.87. The van der Waals surface area contributed by atoms with Crippen LogP contribution in [0, 0.1) is 0 Å². The summed E-state index contributed by atoms with van der Waals surface area (Å²) in [6.07, 6.45) is 2.35. The minimum absolute atomic E-state index is 0.0627. The number of carbonyl (C=O) groups excluding carboxylic acids is 1. The van der Waals surface area contributed by atoms with Gasteiger partial charge in [-0.1, -0.05) is 12.1 Å². The SMILES string of the molecule is COc1ccccc1-c1cc(C(=O)N2CCC(Oc3ncccc3Br)C2)n(C)n1. The summed E-state index contributed by atoms with van der Waals surface area (Å²) in [6, 6.07) is 13.2. The van der Waals surface area contributed by atoms with E-state index in [1.807, 2.05) is 42.5 Å². The van der Waals surface area contributed by atoms with Gasteiger partial charge in [0, 0.05) is 31.8 Å². The summed E-state index contributed by atoms with van der Waals surface area (Å²) in [5.41, 5.74) is 2.09. The topological polar surface area (TPSA) is 69.5 Å². The molecular formula is C21H21BrN4O3. The van der Waals surface area contributed by atoms with Gasteiger partial charge in [-0.3, -0.25) is 9.48 Å². The van der Waals surface area contributed by atoms with Gasteiger partial charge in [0.25, 0.3) is 5.91 Å². The third-order valence-electron chi connectivity index (χ3n) is 4.92. The van der Waals surface area contributed by atoms with Crippen molar-refractivity contribution in [3.63, 3.8) is 0 Å². The average Bonchev–Trinajstić information content (AvgIpc) is 3.36. The Bertz CT molecular complexity index is 1040. The molecule has 0 saturated carbocycles. The molecule has 1 aliphatic heterocycles. The average molecular weight is 457 g/mol. The van der Waals surface area contributed by atoms with Crippen LogP contribution in [0.25, 0.3) is 11.3 Å². The van der Waals surface area contributed by atoms with Crippen LogP contribution >= 0.6 is 15.9 Å². The van der Waals surface area contributed by atoms with Crippen LogP contribution in [0.3, 0.4) is 0 Å². The summed E-state index contributed by atoms with van der Waals surface area (Å²) in [6.45, 7) is 1.14. The normalized spacial score (nSPS) is 16.1. The summed E-state index contributed by atoms with van der Waals surface area (Å²) >= 11 is 3.44. The molecule has 8 heteroatoms. The Morgan fingerprint density at radius 2 is 2.07 bits per heavy atom. The van der Waals surface area contributed by atoms with E-state index in [0.717, 1.165) is 22.2 Å². The lowest BCUT2D eigenvalue weighted by Gasteiger charge is -2.17. The van der Waals surface area contributed by atoms with Crippen molar-refractivity contribution in [1.29, 1.82) is 0 Å². The maximum absolute atomic E-state index is 13.1. The second-order valence-corrected chi connectivity index (χ2v) is 7.66. The number of hydrogen-bond acceptors (Lipinski definition) is 5. The highest BCUT2D eigenvalue weighted by molar-refractivity contribution is 9.10. The van der Waals surface area contributed by atoms with Gasteiger partial charge in [-0.15, -0.1) is 0 Å². The molecule has 1 fully saturated rings. The zero-order valence-corrected chi connectivity index (χ0v) is 17.8. The fraction of sp³-hybridized carbons (Fsp3) is 0.286. The van der Waals surface area contributed by atoms with E-state index in [9.17, 15) is 4.79 Å². The summed E-state index contributed by atoms with van der Waals surface area (Å²) < 4.78 is 13.8. The minimum Gasteiger partial charge on any atom is -0.496 e. The van der Waals surface area contributed by atoms with E-state index in [1.165, 1.54) is 0 Å². The maximum Gasteiger partial charge on any atom is 0.272 e. The standard InChI is InChI=1S/C21H21BrN4O3/c1-25-18(12-17(24-25)15-6-3-4-8-19(15)28-2)21(27)26-11-9-14(13-26)29-20-16(22)7-5-10-23-20/h3-8,10,12,14H,9,11,13H2,1-2H3. The van der Waals surface area contributed by atoms with Crippen LogP contribution in [-0.2, 0) is 7.05 Å². The first-order valence-corrected chi connectivity index (χ1v) is 10.1. The molecule has 2 aromatic heterocycles. The molecular weight excluding hydrogens is 436 g/mol. The highest BCUT2D eigenvalue weighted by Crippen LogP contribution is 2.30. The molecule has 0 aliphatic carbocycles. The van der Waals surface area contributed by atoms with Gasteiger partial charge >= 0.3 is 0 Å². The van der Waals surface area contributed by atoms with Gasteiger partial charge < -0.3 is 14.4 Å². The molecule has 3 heterocycles. The smallest absolute Gasteiger partial charge is 0.272 e. The zero-order valence-electron chi connectivity index (χ0n) is 16.2. The number of hydrogen-bond donors (Lipinski definition) is 0. The molecule has 0 spiro atoms. The van der Waals surface area contributed by atoms with E-state index in [1.54, 1.807) is 29.9 Å². The molecule has 1 aliphatic rings. The summed E-state index contributed by atoms with van der Waals surface area (Å²) in [4.78, 5) is 19.1. The molecule has 1 saturated heterocycles. The third-order valence-corrected chi connectivity index (χ3v) is 5.52. The first-order valence-electron chi connectivity index (χ1n) is 9.30. The number of methoxy groups -OCH3 is 1. The van der Waals surface area contributed by atoms with Crippen molar-refractivity contribution in [1.82, 2.24) is 19.7 Å². The molecule has 150 valence electrons. The number of amides is 1. The van der Waals surface area contributed by atoms with Gasteiger partial charge in [0.05, 0.1) is 23.8 Å². The molecule has 4 rings (SSSR count). The summed E-state index contributed by atoms with van der Waals surface area (Å²) in [7, 11) is 3.40. The molecule has 0 bridgehead atoms. The number of ether oxygens (including phenoxy) is 2. The molecule has 1 amide bonds. The van der Waals surface area contributed by atoms with E-state index >= 15 is 0 Å². The van der Waals surface area contributed by atoms with Crippen LogP contribution in [0.4, 0.5) is 0 Å². The minimum atomic E-state index is -0.0907. The summed E-state index contributed by atoms with van der Waals surface area (Å²) in [5.74, 6) is 1.21. The monoisotopic (exact) mass is 456 g/mol. The largest absolute Gasteiger partial charge is 0.496 e. The van der Waals surface area contributed by atoms with Crippen LogP contribution in [-0.4, -0.2) is 51.9 Å². The second kappa shape index (κ2) is 8.24. The molecule has 29 heavy (non-hydrogen) atoms. The Labute approximate surface area is 177 Å². The molecule has 3 aromatic rings. The number of benzene rings is 1. The number of pyridine rings is 1. The molecule has 0 radical (unpaired) electrons. The van der Waals surface area contributed by atoms with Crippen molar-refractivity contribution in [3.8, 4) is 22.9 Å².